The van der Waals surface area contributed by atoms with Crippen molar-refractivity contribution in [3.05, 3.63) is 29.8 Å². The number of alkyl halides is 7. The highest BCUT2D eigenvalue weighted by Gasteiger charge is 2.41. The Labute approximate surface area is 198 Å². The van der Waals surface area contributed by atoms with Crippen LogP contribution in [0.25, 0.3) is 0 Å². The summed E-state index contributed by atoms with van der Waals surface area (Å²) in [5, 5.41) is 0. The van der Waals surface area contributed by atoms with Gasteiger partial charge in [0.2, 0.25) is 3.67 Å². The Morgan fingerprint density at radius 2 is 1.64 bits per heavy atom. The molecule has 0 bridgehead atoms. The summed E-state index contributed by atoms with van der Waals surface area (Å²) in [6.45, 7) is 3.61. The number of halogens is 7. The molecule has 25 heavy (non-hydrogen) atoms. The average Bonchev–Trinajstić information content (AvgIpc) is 2.51. The number of nitrogens with zero attached hydrogens (tertiary/aromatic N) is 1. The fraction of sp³-hybridized carbons (Fsp3) is 0.538. The van der Waals surface area contributed by atoms with Crippen molar-refractivity contribution in [3.63, 3.8) is 0 Å². The van der Waals surface area contributed by atoms with Gasteiger partial charge in [-0.05, 0) is 43.0 Å². The molecule has 0 aliphatic heterocycles. The van der Waals surface area contributed by atoms with Gasteiger partial charge in [-0.15, -0.1) is 26.9 Å². The van der Waals surface area contributed by atoms with Gasteiger partial charge in [-0.1, -0.05) is 90.0 Å². The summed E-state index contributed by atoms with van der Waals surface area (Å²) in [5.41, 5.74) is 0.791. The minimum Gasteiger partial charge on any atom is -0.206 e. The molecule has 144 valence electrons. The number of rotatable bonds is 7. The second-order valence-corrected chi connectivity index (χ2v) is 18.0. The van der Waals surface area contributed by atoms with E-state index in [0.717, 1.165) is 9.27 Å². The first-order chi connectivity index (χ1) is 11.2. The molecule has 0 aliphatic rings. The fourth-order valence-corrected chi connectivity index (χ4v) is 6.29. The predicted molar refractivity (Wildman–Crippen MR) is 121 cm³/mol. The summed E-state index contributed by atoms with van der Waals surface area (Å²) >= 11 is 34.6. The largest absolute Gasteiger partial charge is 0.252 e. The van der Waals surface area contributed by atoms with Gasteiger partial charge in [-0.3, -0.25) is 0 Å². The van der Waals surface area contributed by atoms with Crippen molar-refractivity contribution in [1.29, 1.82) is 0 Å². The molecule has 0 saturated heterocycles. The van der Waals surface area contributed by atoms with E-state index in [4.69, 9.17) is 46.4 Å². The molecule has 0 aromatic heterocycles. The molecule has 0 saturated carbocycles. The van der Waals surface area contributed by atoms with Gasteiger partial charge in [-0.25, -0.2) is 8.42 Å². The van der Waals surface area contributed by atoms with Crippen LogP contribution in [-0.4, -0.2) is 26.7 Å². The van der Waals surface area contributed by atoms with Crippen molar-refractivity contribution in [2.75, 3.05) is 0 Å². The Balaban J connectivity index is 3.28. The molecule has 1 atom stereocenters. The molecule has 0 aliphatic carbocycles. The van der Waals surface area contributed by atoms with Gasteiger partial charge in [0, 0.05) is 6.04 Å². The summed E-state index contributed by atoms with van der Waals surface area (Å²) in [6.07, 6.45) is 0.552. The van der Waals surface area contributed by atoms with Crippen LogP contribution in [0.1, 0.15) is 25.8 Å². The van der Waals surface area contributed by atoms with E-state index in [1.54, 1.807) is 19.1 Å². The van der Waals surface area contributed by atoms with Crippen LogP contribution in [0.3, 0.4) is 0 Å². The van der Waals surface area contributed by atoms with Crippen molar-refractivity contribution in [2.24, 2.45) is 0 Å². The highest BCUT2D eigenvalue weighted by molar-refractivity contribution is 9.38. The van der Waals surface area contributed by atoms with Gasteiger partial charge >= 0.3 is 0 Å². The summed E-state index contributed by atoms with van der Waals surface area (Å²) in [7, 11) is -3.88. The second-order valence-electron chi connectivity index (χ2n) is 4.99. The predicted octanol–water partition coefficient (Wildman–Crippen LogP) is 7.35. The third-order valence-electron chi connectivity index (χ3n) is 3.13. The lowest BCUT2D eigenvalue weighted by Gasteiger charge is -2.32. The highest BCUT2D eigenvalue weighted by atomic mass is 80.0. The highest BCUT2D eigenvalue weighted by Crippen LogP contribution is 2.48. The zero-order valence-corrected chi connectivity index (χ0v) is 22.3. The first-order valence-electron chi connectivity index (χ1n) is 6.80. The topological polar surface area (TPSA) is 37.4 Å². The molecule has 0 spiro atoms. The molecular weight excluding hydrogens is 648 g/mol. The van der Waals surface area contributed by atoms with Crippen LogP contribution < -0.4 is 0 Å². The monoisotopic (exact) mass is 657 g/mol. The van der Waals surface area contributed by atoms with Crippen molar-refractivity contribution in [2.45, 2.75) is 41.9 Å². The molecule has 1 aromatic carbocycles. The molecule has 0 fully saturated rings. The first-order valence-corrected chi connectivity index (χ1v) is 13.0. The van der Waals surface area contributed by atoms with E-state index in [0.29, 0.717) is 18.4 Å². The molecule has 0 amide bonds. The Bertz CT molecular complexity index is 682. The summed E-state index contributed by atoms with van der Waals surface area (Å²) in [5.74, 6) is 0. The third kappa shape index (κ3) is 6.82. The minimum atomic E-state index is -3.88. The third-order valence-corrected chi connectivity index (χ3v) is 10.2. The number of hydrogen-bond donors (Lipinski definition) is 0. The number of benzene rings is 1. The maximum Gasteiger partial charge on any atom is 0.252 e. The maximum atomic E-state index is 13.1. The molecular formula is C13H14Br3Cl4NO2S2. The SMILES string of the molecule is CCC(C)N(SC(Cl)(Cl)C(Cl)Cl)S(=O)(=O)c1ccc(C(Br)(Br)Br)cc1. The molecule has 0 heterocycles. The second kappa shape index (κ2) is 9.72. The standard InChI is InChI=1S/C13H14Br3Cl4NO2S2/c1-3-8(2)21(24-13(19,20)11(17)18)25(22,23)10-6-4-9(5-7-10)12(14,15)16/h4-8,11H,3H2,1-2H3. The van der Waals surface area contributed by atoms with Crippen LogP contribution in [0, 0.1) is 0 Å². The van der Waals surface area contributed by atoms with Crippen LogP contribution >= 0.6 is 106 Å². The van der Waals surface area contributed by atoms with Gasteiger partial charge in [0.25, 0.3) is 10.0 Å². The smallest absolute Gasteiger partial charge is 0.206 e. The normalized spacial score (nSPS) is 15.0. The molecule has 12 heteroatoms. The molecule has 0 radical (unpaired) electrons. The fourth-order valence-electron chi connectivity index (χ4n) is 1.60. The summed E-state index contributed by atoms with van der Waals surface area (Å²) in [4.78, 5) is -1.08. The van der Waals surface area contributed by atoms with E-state index in [1.165, 1.54) is 12.1 Å². The lowest BCUT2D eigenvalue weighted by Crippen LogP contribution is -2.37. The van der Waals surface area contributed by atoms with Crippen LogP contribution in [0.5, 0.6) is 0 Å². The Hall–Kier alpha value is 2.08. The summed E-state index contributed by atoms with van der Waals surface area (Å²) in [6, 6.07) is 5.97. The molecule has 0 N–H and O–H groups in total. The van der Waals surface area contributed by atoms with Gasteiger partial charge in [0.05, 0.1) is 4.90 Å². The van der Waals surface area contributed by atoms with Crippen LogP contribution in [-0.2, 0) is 12.2 Å². The van der Waals surface area contributed by atoms with E-state index in [2.05, 4.69) is 47.8 Å². The summed E-state index contributed by atoms with van der Waals surface area (Å²) < 4.78 is 24.9. The Morgan fingerprint density at radius 3 is 2.00 bits per heavy atom. The molecule has 1 rings (SSSR count). The van der Waals surface area contributed by atoms with E-state index in [1.807, 2.05) is 6.92 Å². The van der Waals surface area contributed by atoms with Gasteiger partial charge in [-0.2, -0.15) is 0 Å². The Kier molecular flexibility index (Phi) is 9.77. The minimum absolute atomic E-state index is 0.102. The average molecular weight is 662 g/mol. The molecule has 1 unspecified atom stereocenters. The van der Waals surface area contributed by atoms with Gasteiger partial charge in [0.15, 0.2) is 6.98 Å². The van der Waals surface area contributed by atoms with Crippen molar-refractivity contribution in [3.8, 4) is 0 Å². The van der Waals surface area contributed by atoms with Crippen LogP contribution in [0.15, 0.2) is 29.2 Å². The molecule has 1 aromatic rings. The van der Waals surface area contributed by atoms with Crippen molar-refractivity contribution >= 4 is 116 Å². The number of sulfonamides is 1. The lowest BCUT2D eigenvalue weighted by molar-refractivity contribution is 0.470. The maximum absolute atomic E-state index is 13.1. The lowest BCUT2D eigenvalue weighted by atomic mass is 10.2. The van der Waals surface area contributed by atoms with E-state index in [-0.39, 0.29) is 10.9 Å². The number of hydrogen-bond acceptors (Lipinski definition) is 3. The van der Waals surface area contributed by atoms with Crippen molar-refractivity contribution in [1.82, 2.24) is 3.71 Å². The Morgan fingerprint density at radius 1 is 1.16 bits per heavy atom. The van der Waals surface area contributed by atoms with Crippen LogP contribution in [0.4, 0.5) is 0 Å². The van der Waals surface area contributed by atoms with Crippen molar-refractivity contribution < 1.29 is 8.42 Å². The molecule has 3 nitrogen and oxygen atoms in total. The zero-order chi connectivity index (χ0) is 19.6. The van der Waals surface area contributed by atoms with Gasteiger partial charge in [0.1, 0.15) is 0 Å². The zero-order valence-electron chi connectivity index (χ0n) is 12.9. The quantitative estimate of drug-likeness (QED) is 0.227. The van der Waals surface area contributed by atoms with E-state index in [9.17, 15) is 8.42 Å². The van der Waals surface area contributed by atoms with Crippen LogP contribution in [0.2, 0.25) is 0 Å². The van der Waals surface area contributed by atoms with E-state index >= 15 is 0 Å². The van der Waals surface area contributed by atoms with Gasteiger partial charge < -0.3 is 0 Å². The van der Waals surface area contributed by atoms with E-state index < -0.39 is 20.7 Å². The first kappa shape index (κ1) is 25.1.